The molecule has 0 atom stereocenters. The number of hydrogen-bond acceptors (Lipinski definition) is 6. The molecule has 4 rings (SSSR count). The highest BCUT2D eigenvalue weighted by atomic mass is 35.5. The van der Waals surface area contributed by atoms with Gasteiger partial charge in [0.2, 0.25) is 5.55 Å². The van der Waals surface area contributed by atoms with Gasteiger partial charge in [0.05, 0.1) is 10.7 Å². The van der Waals surface area contributed by atoms with Gasteiger partial charge in [0.25, 0.3) is 5.91 Å². The molecule has 0 radical (unpaired) electrons. The first-order valence-corrected chi connectivity index (χ1v) is 9.23. The minimum atomic E-state index is -0.581. The Kier molecular flexibility index (Phi) is 4.81. The zero-order chi connectivity index (χ0) is 19.7. The van der Waals surface area contributed by atoms with Crippen molar-refractivity contribution in [1.29, 1.82) is 0 Å². The van der Waals surface area contributed by atoms with Crippen molar-refractivity contribution in [3.63, 3.8) is 0 Å². The van der Waals surface area contributed by atoms with Gasteiger partial charge in [0.15, 0.2) is 5.13 Å². The largest absolute Gasteiger partial charge is 0.508 e. The number of phenolic OH excluding ortho intramolecular Hbond substituents is 1. The third kappa shape index (κ3) is 3.73. The van der Waals surface area contributed by atoms with Crippen molar-refractivity contribution in [2.45, 2.75) is 0 Å². The standard InChI is InChI=1S/C19H11ClFN3O3S/c20-14-8-11(2-4-15(14)21)23-18-13(17(26)24-19-22-5-6-28-19)7-10-1-3-12(25)9-16(10)27-18/h1-9,25H,(H,22,24,26). The number of aromatic hydroxyl groups is 1. The normalized spacial score (nSPS) is 11.7. The Balaban J connectivity index is 1.89. The summed E-state index contributed by atoms with van der Waals surface area (Å²) in [6.45, 7) is 0. The van der Waals surface area contributed by atoms with Gasteiger partial charge in [-0.1, -0.05) is 11.6 Å². The van der Waals surface area contributed by atoms with Crippen LogP contribution < -0.4 is 10.9 Å². The molecule has 0 aliphatic carbocycles. The molecule has 0 saturated carbocycles. The fourth-order valence-corrected chi connectivity index (χ4v) is 3.17. The third-order valence-corrected chi connectivity index (χ3v) is 4.74. The number of halogens is 2. The quantitative estimate of drug-likeness (QED) is 0.499. The van der Waals surface area contributed by atoms with E-state index in [-0.39, 0.29) is 21.9 Å². The van der Waals surface area contributed by atoms with Gasteiger partial charge in [-0.15, -0.1) is 11.3 Å². The highest BCUT2D eigenvalue weighted by Gasteiger charge is 2.14. The summed E-state index contributed by atoms with van der Waals surface area (Å²) in [4.78, 5) is 21.1. The molecular formula is C19H11ClFN3O3S. The van der Waals surface area contributed by atoms with Gasteiger partial charge in [-0.2, -0.15) is 0 Å². The van der Waals surface area contributed by atoms with Crippen LogP contribution in [-0.2, 0) is 0 Å². The maximum absolute atomic E-state index is 13.4. The van der Waals surface area contributed by atoms with E-state index in [1.54, 1.807) is 23.7 Å². The number of rotatable bonds is 3. The summed E-state index contributed by atoms with van der Waals surface area (Å²) < 4.78 is 19.2. The molecule has 0 spiro atoms. The molecule has 2 aromatic carbocycles. The van der Waals surface area contributed by atoms with Gasteiger partial charge < -0.3 is 9.52 Å². The number of anilines is 1. The highest BCUT2D eigenvalue weighted by molar-refractivity contribution is 7.13. The highest BCUT2D eigenvalue weighted by Crippen LogP contribution is 2.23. The van der Waals surface area contributed by atoms with E-state index in [1.807, 2.05) is 0 Å². The lowest BCUT2D eigenvalue weighted by Crippen LogP contribution is -2.21. The van der Waals surface area contributed by atoms with Crippen LogP contribution in [0, 0.1) is 5.82 Å². The molecular weight excluding hydrogens is 405 g/mol. The molecule has 28 heavy (non-hydrogen) atoms. The second kappa shape index (κ2) is 7.41. The van der Waals surface area contributed by atoms with E-state index in [4.69, 9.17) is 16.0 Å². The number of nitrogens with one attached hydrogen (secondary N) is 1. The predicted molar refractivity (Wildman–Crippen MR) is 105 cm³/mol. The van der Waals surface area contributed by atoms with Crippen molar-refractivity contribution >= 4 is 50.6 Å². The number of nitrogens with zero attached hydrogens (tertiary/aromatic N) is 2. The molecule has 0 fully saturated rings. The minimum Gasteiger partial charge on any atom is -0.508 e. The molecule has 0 saturated heterocycles. The first-order valence-electron chi connectivity index (χ1n) is 7.97. The van der Waals surface area contributed by atoms with Crippen LogP contribution in [-0.4, -0.2) is 16.0 Å². The van der Waals surface area contributed by atoms with Gasteiger partial charge in [-0.05, 0) is 36.4 Å². The topological polar surface area (TPSA) is 87.7 Å². The molecule has 9 heteroatoms. The maximum Gasteiger partial charge on any atom is 0.262 e. The summed E-state index contributed by atoms with van der Waals surface area (Å²) in [7, 11) is 0. The van der Waals surface area contributed by atoms with Crippen molar-refractivity contribution in [2.75, 3.05) is 5.32 Å². The number of carbonyl (C=O) groups excluding carboxylic acids is 1. The number of carbonyl (C=O) groups is 1. The van der Waals surface area contributed by atoms with Crippen molar-refractivity contribution in [1.82, 2.24) is 4.98 Å². The zero-order valence-electron chi connectivity index (χ0n) is 14.0. The van der Waals surface area contributed by atoms with Crippen LogP contribution >= 0.6 is 22.9 Å². The van der Waals surface area contributed by atoms with Crippen LogP contribution in [0.2, 0.25) is 5.02 Å². The van der Waals surface area contributed by atoms with E-state index in [0.717, 1.165) is 0 Å². The van der Waals surface area contributed by atoms with E-state index in [0.29, 0.717) is 21.8 Å². The first kappa shape index (κ1) is 18.1. The van der Waals surface area contributed by atoms with Crippen LogP contribution in [0.15, 0.2) is 63.5 Å². The Bertz CT molecular complexity index is 1260. The van der Waals surface area contributed by atoms with Crippen molar-refractivity contribution in [2.24, 2.45) is 4.99 Å². The first-order chi connectivity index (χ1) is 13.5. The number of amides is 1. The van der Waals surface area contributed by atoms with E-state index in [1.165, 1.54) is 41.7 Å². The monoisotopic (exact) mass is 415 g/mol. The minimum absolute atomic E-state index is 0.00649. The molecule has 140 valence electrons. The molecule has 2 N–H and O–H groups in total. The lowest BCUT2D eigenvalue weighted by atomic mass is 10.1. The number of phenols is 1. The lowest BCUT2D eigenvalue weighted by Gasteiger charge is -2.05. The number of hydrogen-bond donors (Lipinski definition) is 2. The van der Waals surface area contributed by atoms with Crippen LogP contribution in [0.4, 0.5) is 15.2 Å². The SMILES string of the molecule is O=C(Nc1nccs1)c1cc2ccc(O)cc2oc1=Nc1ccc(F)c(Cl)c1. The molecule has 1 amide bonds. The summed E-state index contributed by atoms with van der Waals surface area (Å²) in [5.74, 6) is -1.05. The van der Waals surface area contributed by atoms with E-state index in [2.05, 4.69) is 15.3 Å². The second-order valence-electron chi connectivity index (χ2n) is 5.69. The Morgan fingerprint density at radius 3 is 2.86 bits per heavy atom. The number of fused-ring (bicyclic) bond motifs is 1. The third-order valence-electron chi connectivity index (χ3n) is 3.77. The van der Waals surface area contributed by atoms with E-state index in [9.17, 15) is 14.3 Å². The molecule has 0 bridgehead atoms. The average Bonchev–Trinajstić information content (AvgIpc) is 3.17. The molecule has 4 aromatic rings. The maximum atomic E-state index is 13.4. The molecule has 0 aliphatic rings. The molecule has 2 heterocycles. The van der Waals surface area contributed by atoms with Crippen molar-refractivity contribution < 1.29 is 18.7 Å². The molecule has 6 nitrogen and oxygen atoms in total. The number of aromatic nitrogens is 1. The number of benzene rings is 2. The van der Waals surface area contributed by atoms with Crippen LogP contribution in [0.5, 0.6) is 5.75 Å². The summed E-state index contributed by atoms with van der Waals surface area (Å²) >= 11 is 7.08. The van der Waals surface area contributed by atoms with E-state index < -0.39 is 11.7 Å². The average molecular weight is 416 g/mol. The van der Waals surface area contributed by atoms with Crippen LogP contribution in [0.1, 0.15) is 10.4 Å². The Morgan fingerprint density at radius 1 is 1.25 bits per heavy atom. The van der Waals surface area contributed by atoms with Crippen LogP contribution in [0.25, 0.3) is 11.0 Å². The fraction of sp³-hybridized carbons (Fsp3) is 0. The van der Waals surface area contributed by atoms with Crippen molar-refractivity contribution in [3.8, 4) is 5.75 Å². The molecule has 2 aromatic heterocycles. The number of thiazole rings is 1. The lowest BCUT2D eigenvalue weighted by molar-refractivity contribution is 0.102. The van der Waals surface area contributed by atoms with E-state index >= 15 is 0 Å². The summed E-state index contributed by atoms with van der Waals surface area (Å²) in [5, 5.41) is 15.0. The zero-order valence-corrected chi connectivity index (χ0v) is 15.6. The Morgan fingerprint density at radius 2 is 2.11 bits per heavy atom. The van der Waals surface area contributed by atoms with Gasteiger partial charge in [0.1, 0.15) is 22.7 Å². The Labute approximate surface area is 166 Å². The smallest absolute Gasteiger partial charge is 0.262 e. The van der Waals surface area contributed by atoms with Gasteiger partial charge in [-0.3, -0.25) is 10.1 Å². The Hall–Kier alpha value is -3.23. The fourth-order valence-electron chi connectivity index (χ4n) is 2.47. The summed E-state index contributed by atoms with van der Waals surface area (Å²) in [6, 6.07) is 10.0. The molecule has 0 unspecified atom stereocenters. The van der Waals surface area contributed by atoms with Gasteiger partial charge in [-0.25, -0.2) is 14.4 Å². The van der Waals surface area contributed by atoms with Crippen LogP contribution in [0.3, 0.4) is 0 Å². The van der Waals surface area contributed by atoms with Gasteiger partial charge in [0, 0.05) is 23.0 Å². The summed E-state index contributed by atoms with van der Waals surface area (Å²) in [6.07, 6.45) is 1.57. The summed E-state index contributed by atoms with van der Waals surface area (Å²) in [5.41, 5.74) is 0.763. The van der Waals surface area contributed by atoms with Gasteiger partial charge >= 0.3 is 0 Å². The predicted octanol–water partition coefficient (Wildman–Crippen LogP) is 4.87. The van der Waals surface area contributed by atoms with Crippen molar-refractivity contribution in [3.05, 3.63) is 76.0 Å². The second-order valence-corrected chi connectivity index (χ2v) is 6.99. The molecule has 0 aliphatic heterocycles.